The van der Waals surface area contributed by atoms with Gasteiger partial charge >= 0.3 is 0 Å². The van der Waals surface area contributed by atoms with Crippen LogP contribution in [0.3, 0.4) is 0 Å². The van der Waals surface area contributed by atoms with Gasteiger partial charge < -0.3 is 4.74 Å². The molecule has 4 amide bonds. The first-order valence-corrected chi connectivity index (χ1v) is 10.4. The fourth-order valence-electron chi connectivity index (χ4n) is 3.72. The molecule has 2 aromatic rings. The second-order valence-corrected chi connectivity index (χ2v) is 7.72. The van der Waals surface area contributed by atoms with Crippen LogP contribution >= 0.6 is 12.2 Å². The molecule has 2 heterocycles. The number of nitrogens with one attached hydrogen (secondary N) is 1. The van der Waals surface area contributed by atoms with E-state index in [9.17, 15) is 19.2 Å². The van der Waals surface area contributed by atoms with Crippen molar-refractivity contribution in [1.82, 2.24) is 15.1 Å². The number of ether oxygens (including phenoxy) is 1. The molecule has 1 fully saturated rings. The highest BCUT2D eigenvalue weighted by Gasteiger charge is 2.36. The molecule has 33 heavy (non-hydrogen) atoms. The summed E-state index contributed by atoms with van der Waals surface area (Å²) in [6.45, 7) is 3.73. The average Bonchev–Trinajstić information content (AvgIpc) is 3.04. The van der Waals surface area contributed by atoms with Gasteiger partial charge in [0, 0.05) is 12.1 Å². The van der Waals surface area contributed by atoms with Gasteiger partial charge in [-0.1, -0.05) is 24.3 Å². The van der Waals surface area contributed by atoms with E-state index in [2.05, 4.69) is 11.9 Å². The van der Waals surface area contributed by atoms with E-state index < -0.39 is 23.6 Å². The van der Waals surface area contributed by atoms with Crippen LogP contribution in [0.1, 0.15) is 31.8 Å². The van der Waals surface area contributed by atoms with Gasteiger partial charge in [0.05, 0.1) is 24.8 Å². The summed E-state index contributed by atoms with van der Waals surface area (Å²) in [7, 11) is 1.48. The van der Waals surface area contributed by atoms with Crippen molar-refractivity contribution in [2.75, 3.05) is 13.7 Å². The molecule has 2 aliphatic heterocycles. The number of carbonyl (C=O) groups is 4. The van der Waals surface area contributed by atoms with Gasteiger partial charge in [-0.05, 0) is 48.1 Å². The van der Waals surface area contributed by atoms with Gasteiger partial charge in [0.25, 0.3) is 23.6 Å². The largest absolute Gasteiger partial charge is 0.496 e. The lowest BCUT2D eigenvalue weighted by Crippen LogP contribution is -2.53. The van der Waals surface area contributed by atoms with Crippen molar-refractivity contribution in [3.8, 4) is 5.75 Å². The summed E-state index contributed by atoms with van der Waals surface area (Å²) in [5, 5.41) is 2.51. The Balaban J connectivity index is 1.67. The lowest BCUT2D eigenvalue weighted by atomic mass is 10.0. The summed E-state index contributed by atoms with van der Waals surface area (Å²) in [5.41, 5.74) is 1.67. The summed E-state index contributed by atoms with van der Waals surface area (Å²) < 4.78 is 5.40. The average molecular weight is 461 g/mol. The molecule has 166 valence electrons. The Morgan fingerprint density at radius 3 is 2.27 bits per heavy atom. The number of hydrogen-bond donors (Lipinski definition) is 1. The Labute approximate surface area is 195 Å². The molecule has 0 radical (unpaired) electrons. The minimum atomic E-state index is -0.608. The van der Waals surface area contributed by atoms with Crippen molar-refractivity contribution in [2.45, 2.75) is 6.54 Å². The van der Waals surface area contributed by atoms with Crippen LogP contribution in [0.15, 0.2) is 60.7 Å². The van der Waals surface area contributed by atoms with Crippen LogP contribution in [-0.4, -0.2) is 52.2 Å². The molecule has 0 aliphatic carbocycles. The monoisotopic (exact) mass is 461 g/mol. The van der Waals surface area contributed by atoms with Crippen molar-refractivity contribution in [3.63, 3.8) is 0 Å². The van der Waals surface area contributed by atoms with E-state index in [1.54, 1.807) is 42.5 Å². The topological polar surface area (TPSA) is 96.0 Å². The molecule has 2 aliphatic rings. The van der Waals surface area contributed by atoms with E-state index in [1.165, 1.54) is 24.2 Å². The summed E-state index contributed by atoms with van der Waals surface area (Å²) >= 11 is 5.06. The predicted octanol–water partition coefficient (Wildman–Crippen LogP) is 2.30. The number of hydrogen-bond acceptors (Lipinski definition) is 6. The van der Waals surface area contributed by atoms with Crippen molar-refractivity contribution in [3.05, 3.63) is 82.9 Å². The second kappa shape index (κ2) is 8.79. The van der Waals surface area contributed by atoms with Crippen molar-refractivity contribution >= 4 is 47.0 Å². The number of nitrogens with zero attached hydrogens (tertiary/aromatic N) is 2. The number of imide groups is 1. The van der Waals surface area contributed by atoms with Crippen LogP contribution in [0.4, 0.5) is 0 Å². The van der Waals surface area contributed by atoms with Gasteiger partial charge in [0.15, 0.2) is 5.11 Å². The zero-order valence-electron chi connectivity index (χ0n) is 17.7. The van der Waals surface area contributed by atoms with E-state index in [-0.39, 0.29) is 23.8 Å². The highest BCUT2D eigenvalue weighted by molar-refractivity contribution is 7.80. The molecular formula is C24H19N3O5S. The molecule has 0 atom stereocenters. The van der Waals surface area contributed by atoms with Crippen molar-refractivity contribution < 1.29 is 23.9 Å². The van der Waals surface area contributed by atoms with E-state index in [4.69, 9.17) is 17.0 Å². The normalized spacial score (nSPS) is 16.9. The van der Waals surface area contributed by atoms with E-state index in [0.29, 0.717) is 28.0 Å². The van der Waals surface area contributed by atoms with Gasteiger partial charge in [0.1, 0.15) is 11.3 Å². The van der Waals surface area contributed by atoms with Crippen molar-refractivity contribution in [1.29, 1.82) is 0 Å². The van der Waals surface area contributed by atoms with Gasteiger partial charge in [0.2, 0.25) is 0 Å². The summed E-state index contributed by atoms with van der Waals surface area (Å²) in [6.07, 6.45) is 2.94. The number of methoxy groups -OCH3 is 1. The minimum absolute atomic E-state index is 0.0168. The number of amides is 4. The highest BCUT2D eigenvalue weighted by atomic mass is 32.1. The third kappa shape index (κ3) is 3.94. The van der Waals surface area contributed by atoms with Crippen LogP contribution in [0.5, 0.6) is 5.75 Å². The molecular weight excluding hydrogens is 442 g/mol. The zero-order valence-corrected chi connectivity index (χ0v) is 18.5. The van der Waals surface area contributed by atoms with Gasteiger partial charge in [-0.3, -0.25) is 34.3 Å². The van der Waals surface area contributed by atoms with Crippen LogP contribution in [0.25, 0.3) is 6.08 Å². The molecule has 0 aromatic heterocycles. The lowest BCUT2D eigenvalue weighted by molar-refractivity contribution is -0.128. The molecule has 1 N–H and O–H groups in total. The SMILES string of the molecule is C=CCN1C(=O)C(=Cc2ccc(OC)c(CN3C(=O)c4ccccc4C3=O)c2)C(=O)NC1=S. The maximum atomic E-state index is 12.8. The summed E-state index contributed by atoms with van der Waals surface area (Å²) in [4.78, 5) is 53.1. The van der Waals surface area contributed by atoms with Crippen LogP contribution < -0.4 is 10.1 Å². The quantitative estimate of drug-likeness (QED) is 0.233. The molecule has 0 unspecified atom stereocenters. The Bertz CT molecular complexity index is 1230. The third-order valence-corrected chi connectivity index (χ3v) is 5.64. The maximum absolute atomic E-state index is 12.8. The fraction of sp³-hybridized carbons (Fsp3) is 0.125. The second-order valence-electron chi connectivity index (χ2n) is 7.34. The Morgan fingerprint density at radius 2 is 1.67 bits per heavy atom. The van der Waals surface area contributed by atoms with Gasteiger partial charge in [-0.15, -0.1) is 6.58 Å². The zero-order chi connectivity index (χ0) is 23.7. The molecule has 0 spiro atoms. The molecule has 9 heteroatoms. The third-order valence-electron chi connectivity index (χ3n) is 5.32. The number of rotatable bonds is 6. The minimum Gasteiger partial charge on any atom is -0.496 e. The Morgan fingerprint density at radius 1 is 1.00 bits per heavy atom. The standard InChI is InChI=1S/C24H19N3O5S/c1-3-10-26-23(31)18(20(28)25-24(26)33)12-14-8-9-19(32-2)15(11-14)13-27-21(29)16-6-4-5-7-17(16)22(27)30/h3-9,11-12H,1,10,13H2,2H3,(H,25,28,33). The number of benzene rings is 2. The van der Waals surface area contributed by atoms with E-state index >= 15 is 0 Å². The van der Waals surface area contributed by atoms with Crippen LogP contribution in [-0.2, 0) is 16.1 Å². The number of thiocarbonyl (C=S) groups is 1. The first-order valence-electron chi connectivity index (χ1n) is 9.97. The molecule has 8 nitrogen and oxygen atoms in total. The maximum Gasteiger partial charge on any atom is 0.265 e. The highest BCUT2D eigenvalue weighted by Crippen LogP contribution is 2.29. The fourth-order valence-corrected chi connectivity index (χ4v) is 3.97. The van der Waals surface area contributed by atoms with Gasteiger partial charge in [-0.2, -0.15) is 0 Å². The smallest absolute Gasteiger partial charge is 0.265 e. The molecule has 1 saturated heterocycles. The Hall–Kier alpha value is -4.11. The van der Waals surface area contributed by atoms with Crippen LogP contribution in [0.2, 0.25) is 0 Å². The summed E-state index contributed by atoms with van der Waals surface area (Å²) in [5.74, 6) is -1.47. The molecule has 4 rings (SSSR count). The molecule has 0 bridgehead atoms. The first-order chi connectivity index (χ1) is 15.8. The van der Waals surface area contributed by atoms with E-state index in [0.717, 1.165) is 4.90 Å². The molecule has 0 saturated carbocycles. The first kappa shape index (κ1) is 22.1. The van der Waals surface area contributed by atoms with Crippen molar-refractivity contribution in [2.24, 2.45) is 0 Å². The van der Waals surface area contributed by atoms with Gasteiger partial charge in [-0.25, -0.2) is 0 Å². The van der Waals surface area contributed by atoms with Crippen LogP contribution in [0, 0.1) is 0 Å². The Kier molecular flexibility index (Phi) is 5.89. The predicted molar refractivity (Wildman–Crippen MR) is 124 cm³/mol. The summed E-state index contributed by atoms with van der Waals surface area (Å²) in [6, 6.07) is 11.6. The number of fused-ring (bicyclic) bond motifs is 1. The number of carbonyl (C=O) groups excluding carboxylic acids is 4. The van der Waals surface area contributed by atoms with E-state index in [1.807, 2.05) is 0 Å². The molecule has 2 aromatic carbocycles. The lowest BCUT2D eigenvalue weighted by Gasteiger charge is -2.27.